The Morgan fingerprint density at radius 2 is 1.80 bits per heavy atom. The van der Waals surface area contributed by atoms with Crippen molar-refractivity contribution in [3.05, 3.63) is 20.8 Å². The smallest absolute Gasteiger partial charge is 0.332 e. The maximum Gasteiger partial charge on any atom is 0.332 e. The van der Waals surface area contributed by atoms with Gasteiger partial charge in [0.15, 0.2) is 0 Å². The topological polar surface area (TPSA) is 114 Å². The summed E-state index contributed by atoms with van der Waals surface area (Å²) in [6.07, 6.45) is -1.15. The second kappa shape index (κ2) is 5.29. The van der Waals surface area contributed by atoms with Crippen LogP contribution in [0.2, 0.25) is 0 Å². The molecule has 2 rings (SSSR count). The van der Waals surface area contributed by atoms with Crippen molar-refractivity contribution in [3.8, 4) is 0 Å². The number of nitrogens with zero attached hydrogens (tertiary/aromatic N) is 3. The molecule has 2 heterocycles. The van der Waals surface area contributed by atoms with Crippen LogP contribution in [0.25, 0.3) is 0 Å². The number of β-amino-alcohol motifs (C(OH)–C–C–N with tert-alkyl or cyclic N) is 2. The summed E-state index contributed by atoms with van der Waals surface area (Å²) in [6.45, 7) is 2.54. The fourth-order valence-corrected chi connectivity index (χ4v) is 2.46. The monoisotopic (exact) mass is 284 g/mol. The lowest BCUT2D eigenvalue weighted by molar-refractivity contribution is 0.0572. The Bertz CT molecular complexity index is 611. The Labute approximate surface area is 115 Å². The van der Waals surface area contributed by atoms with Crippen LogP contribution >= 0.6 is 0 Å². The molecular formula is C12H20N4O4. The largest absolute Gasteiger partial charge is 0.389 e. The maximum atomic E-state index is 12.2. The Kier molecular flexibility index (Phi) is 3.87. The third-order valence-corrected chi connectivity index (χ3v) is 3.58. The van der Waals surface area contributed by atoms with Gasteiger partial charge in [0.1, 0.15) is 11.5 Å². The number of rotatable bonds is 3. The first kappa shape index (κ1) is 14.6. The lowest BCUT2D eigenvalue weighted by atomic mass is 10.3. The summed E-state index contributed by atoms with van der Waals surface area (Å²) < 4.78 is 2.34. The van der Waals surface area contributed by atoms with E-state index in [-0.39, 0.29) is 24.6 Å². The second-order valence-electron chi connectivity index (χ2n) is 5.07. The average Bonchev–Trinajstić information content (AvgIpc) is 2.72. The minimum absolute atomic E-state index is 0.0845. The quantitative estimate of drug-likeness (QED) is 0.596. The highest BCUT2D eigenvalue weighted by Crippen LogP contribution is 2.22. The molecule has 8 heteroatoms. The summed E-state index contributed by atoms with van der Waals surface area (Å²) in [5.74, 6) is 0.0845. The van der Waals surface area contributed by atoms with Crippen molar-refractivity contribution in [2.75, 3.05) is 23.7 Å². The zero-order valence-corrected chi connectivity index (χ0v) is 11.6. The molecule has 0 spiro atoms. The zero-order chi connectivity index (χ0) is 15.0. The first-order valence-electron chi connectivity index (χ1n) is 6.58. The number of hydrogen-bond donors (Lipinski definition) is 3. The van der Waals surface area contributed by atoms with E-state index < -0.39 is 23.5 Å². The van der Waals surface area contributed by atoms with Crippen molar-refractivity contribution in [2.24, 2.45) is 7.05 Å². The van der Waals surface area contributed by atoms with Gasteiger partial charge in [0.05, 0.1) is 12.2 Å². The Morgan fingerprint density at radius 3 is 2.30 bits per heavy atom. The molecule has 1 aromatic rings. The van der Waals surface area contributed by atoms with Gasteiger partial charge in [0, 0.05) is 26.7 Å². The molecule has 1 aliphatic rings. The molecule has 1 saturated heterocycles. The highest BCUT2D eigenvalue weighted by molar-refractivity contribution is 5.63. The van der Waals surface area contributed by atoms with Gasteiger partial charge in [-0.15, -0.1) is 0 Å². The molecule has 2 atom stereocenters. The molecule has 0 radical (unpaired) electrons. The van der Waals surface area contributed by atoms with Crippen molar-refractivity contribution < 1.29 is 10.2 Å². The zero-order valence-electron chi connectivity index (χ0n) is 11.6. The number of anilines is 2. The molecule has 0 saturated carbocycles. The van der Waals surface area contributed by atoms with E-state index in [1.54, 1.807) is 0 Å². The third kappa shape index (κ3) is 2.20. The van der Waals surface area contributed by atoms with Crippen molar-refractivity contribution in [3.63, 3.8) is 0 Å². The molecule has 1 aromatic heterocycles. The van der Waals surface area contributed by atoms with E-state index >= 15 is 0 Å². The second-order valence-corrected chi connectivity index (χ2v) is 5.07. The number of hydrogen-bond acceptors (Lipinski definition) is 6. The molecule has 1 aliphatic heterocycles. The normalized spacial score (nSPS) is 22.5. The summed E-state index contributed by atoms with van der Waals surface area (Å²) in [6, 6.07) is 0. The van der Waals surface area contributed by atoms with Gasteiger partial charge < -0.3 is 20.8 Å². The van der Waals surface area contributed by atoms with Crippen LogP contribution in [-0.2, 0) is 13.6 Å². The lowest BCUT2D eigenvalue weighted by Crippen LogP contribution is -2.43. The highest BCUT2D eigenvalue weighted by atomic mass is 16.3. The molecule has 0 aliphatic carbocycles. The van der Waals surface area contributed by atoms with Gasteiger partial charge in [-0.05, 0) is 6.42 Å². The summed E-state index contributed by atoms with van der Waals surface area (Å²) in [7, 11) is 1.39. The predicted octanol–water partition coefficient (Wildman–Crippen LogP) is -1.92. The van der Waals surface area contributed by atoms with Crippen LogP contribution in [-0.4, -0.2) is 44.6 Å². The SMILES string of the molecule is CCCn1c(N)c(N2CC(O)C(O)C2)c(=O)n(C)c1=O. The summed E-state index contributed by atoms with van der Waals surface area (Å²) >= 11 is 0. The van der Waals surface area contributed by atoms with Gasteiger partial charge in [-0.2, -0.15) is 0 Å². The van der Waals surface area contributed by atoms with Gasteiger partial charge >= 0.3 is 5.69 Å². The lowest BCUT2D eigenvalue weighted by Gasteiger charge is -2.22. The van der Waals surface area contributed by atoms with Crippen molar-refractivity contribution in [2.45, 2.75) is 32.1 Å². The number of aromatic nitrogens is 2. The summed E-state index contributed by atoms with van der Waals surface area (Å²) in [5.41, 5.74) is 5.15. The van der Waals surface area contributed by atoms with Crippen LogP contribution in [0.15, 0.2) is 9.59 Å². The molecule has 8 nitrogen and oxygen atoms in total. The molecule has 0 bridgehead atoms. The summed E-state index contributed by atoms with van der Waals surface area (Å²) in [5, 5.41) is 19.2. The Balaban J connectivity index is 2.59. The first-order valence-corrected chi connectivity index (χ1v) is 6.58. The van der Waals surface area contributed by atoms with Gasteiger partial charge in [0.25, 0.3) is 5.56 Å². The molecule has 0 amide bonds. The molecular weight excluding hydrogens is 264 g/mol. The van der Waals surface area contributed by atoms with E-state index in [2.05, 4.69) is 0 Å². The van der Waals surface area contributed by atoms with E-state index in [0.29, 0.717) is 13.0 Å². The molecule has 2 unspecified atom stereocenters. The van der Waals surface area contributed by atoms with Gasteiger partial charge in [-0.3, -0.25) is 13.9 Å². The van der Waals surface area contributed by atoms with Crippen molar-refractivity contribution in [1.82, 2.24) is 9.13 Å². The molecule has 1 fully saturated rings. The molecule has 20 heavy (non-hydrogen) atoms. The third-order valence-electron chi connectivity index (χ3n) is 3.58. The van der Waals surface area contributed by atoms with E-state index in [4.69, 9.17) is 5.73 Å². The first-order chi connectivity index (χ1) is 9.38. The van der Waals surface area contributed by atoms with Crippen LogP contribution in [0.1, 0.15) is 13.3 Å². The maximum absolute atomic E-state index is 12.2. The highest BCUT2D eigenvalue weighted by Gasteiger charge is 2.33. The molecule has 0 aromatic carbocycles. The summed E-state index contributed by atoms with van der Waals surface area (Å²) in [4.78, 5) is 25.8. The van der Waals surface area contributed by atoms with Crippen molar-refractivity contribution in [1.29, 1.82) is 0 Å². The van der Waals surface area contributed by atoms with Crippen LogP contribution in [0.5, 0.6) is 0 Å². The standard InChI is InChI=1S/C12H20N4O4/c1-3-4-16-10(13)9(11(19)14(2)12(16)20)15-5-7(17)8(18)6-15/h7-8,17-18H,3-6,13H2,1-2H3. The number of nitrogens with two attached hydrogens (primary N) is 1. The van der Waals surface area contributed by atoms with Crippen LogP contribution in [0.4, 0.5) is 11.5 Å². The van der Waals surface area contributed by atoms with Crippen LogP contribution in [0.3, 0.4) is 0 Å². The van der Waals surface area contributed by atoms with Gasteiger partial charge in [0.2, 0.25) is 0 Å². The number of aliphatic hydroxyl groups excluding tert-OH is 2. The Morgan fingerprint density at radius 1 is 1.25 bits per heavy atom. The fraction of sp³-hybridized carbons (Fsp3) is 0.667. The predicted molar refractivity (Wildman–Crippen MR) is 74.9 cm³/mol. The number of nitrogen functional groups attached to an aromatic ring is 1. The van der Waals surface area contributed by atoms with E-state index in [1.165, 1.54) is 16.5 Å². The minimum Gasteiger partial charge on any atom is -0.389 e. The van der Waals surface area contributed by atoms with Crippen LogP contribution < -0.4 is 21.9 Å². The molecule has 4 N–H and O–H groups in total. The minimum atomic E-state index is -0.925. The van der Waals surface area contributed by atoms with E-state index in [0.717, 1.165) is 4.57 Å². The van der Waals surface area contributed by atoms with Crippen molar-refractivity contribution >= 4 is 11.5 Å². The average molecular weight is 284 g/mol. The fourth-order valence-electron chi connectivity index (χ4n) is 2.46. The Hall–Kier alpha value is -1.80. The van der Waals surface area contributed by atoms with Gasteiger partial charge in [-0.1, -0.05) is 6.92 Å². The van der Waals surface area contributed by atoms with E-state index in [1.807, 2.05) is 6.92 Å². The molecule has 112 valence electrons. The number of aliphatic hydroxyl groups is 2. The van der Waals surface area contributed by atoms with E-state index in [9.17, 15) is 19.8 Å². The van der Waals surface area contributed by atoms with Crippen LogP contribution in [0, 0.1) is 0 Å². The van der Waals surface area contributed by atoms with Gasteiger partial charge in [-0.25, -0.2) is 4.79 Å².